The van der Waals surface area contributed by atoms with Crippen LogP contribution in [0, 0.1) is 12.7 Å². The minimum Gasteiger partial charge on any atom is -0.457 e. The number of hydrogen-bond acceptors (Lipinski definition) is 9. The van der Waals surface area contributed by atoms with Crippen LogP contribution in [0.3, 0.4) is 0 Å². The number of likely N-dealkylation sites (N-methyl/N-ethyl adjacent to an activating group) is 1. The molecular formula is C28H26FN9O2. The predicted molar refractivity (Wildman–Crippen MR) is 148 cm³/mol. The van der Waals surface area contributed by atoms with E-state index in [9.17, 15) is 4.79 Å². The fourth-order valence-corrected chi connectivity index (χ4v) is 4.77. The smallest absolute Gasteiger partial charge is 0.246 e. The molecule has 0 unspecified atom stereocenters. The van der Waals surface area contributed by atoms with Gasteiger partial charge in [-0.2, -0.15) is 5.10 Å². The summed E-state index contributed by atoms with van der Waals surface area (Å²) in [5.41, 5.74) is 2.71. The first-order valence-electron chi connectivity index (χ1n) is 12.7. The van der Waals surface area contributed by atoms with E-state index in [0.717, 1.165) is 24.3 Å². The van der Waals surface area contributed by atoms with E-state index in [1.807, 2.05) is 19.1 Å². The molecule has 1 saturated heterocycles. The number of anilines is 3. The van der Waals surface area contributed by atoms with Crippen molar-refractivity contribution in [1.29, 1.82) is 0 Å². The van der Waals surface area contributed by atoms with E-state index in [2.05, 4.69) is 36.8 Å². The Hall–Kier alpha value is -5.13. The number of fused-ring (bicyclic) bond motifs is 2. The number of carbonyl (C=O) groups is 1. The molecule has 4 aromatic heterocycles. The van der Waals surface area contributed by atoms with Gasteiger partial charge in [-0.05, 0) is 49.2 Å². The normalized spacial score (nSPS) is 15.0. The number of halogens is 1. The van der Waals surface area contributed by atoms with Crippen LogP contribution in [0.5, 0.6) is 11.5 Å². The summed E-state index contributed by atoms with van der Waals surface area (Å²) >= 11 is 0. The first-order valence-corrected chi connectivity index (χ1v) is 12.7. The van der Waals surface area contributed by atoms with E-state index < -0.39 is 5.82 Å². The van der Waals surface area contributed by atoms with Crippen molar-refractivity contribution in [3.8, 4) is 11.5 Å². The molecule has 1 fully saturated rings. The van der Waals surface area contributed by atoms with Crippen LogP contribution in [0.4, 0.5) is 21.7 Å². The summed E-state index contributed by atoms with van der Waals surface area (Å²) in [6.45, 7) is 6.80. The van der Waals surface area contributed by atoms with E-state index >= 15 is 4.39 Å². The van der Waals surface area contributed by atoms with Crippen LogP contribution in [-0.4, -0.2) is 66.5 Å². The third-order valence-electron chi connectivity index (χ3n) is 7.02. The molecule has 11 nitrogen and oxygen atoms in total. The number of benzene rings is 1. The molecular weight excluding hydrogens is 513 g/mol. The van der Waals surface area contributed by atoms with Gasteiger partial charge in [0.15, 0.2) is 11.5 Å². The highest BCUT2D eigenvalue weighted by Gasteiger charge is 2.28. The largest absolute Gasteiger partial charge is 0.457 e. The molecule has 40 heavy (non-hydrogen) atoms. The Morgan fingerprint density at radius 2 is 2.08 bits per heavy atom. The molecule has 202 valence electrons. The second-order valence-corrected chi connectivity index (χ2v) is 9.55. The van der Waals surface area contributed by atoms with Crippen LogP contribution in [0.15, 0.2) is 67.9 Å². The van der Waals surface area contributed by atoms with Crippen molar-refractivity contribution >= 4 is 39.9 Å². The SMILES string of the molecule is C=CC(=O)N(C)[C@H]1CCN(c2ccc3ncnc(Nc4cc(C)c(Oc5ccn6ncnc6c5)cc4F)c3n2)C1. The van der Waals surface area contributed by atoms with Gasteiger partial charge in [0, 0.05) is 38.5 Å². The van der Waals surface area contributed by atoms with Gasteiger partial charge in [-0.1, -0.05) is 6.58 Å². The highest BCUT2D eigenvalue weighted by atomic mass is 19.1. The van der Waals surface area contributed by atoms with Crippen molar-refractivity contribution < 1.29 is 13.9 Å². The number of aryl methyl sites for hydroxylation is 1. The number of ether oxygens (including phenoxy) is 1. The molecule has 1 atom stereocenters. The monoisotopic (exact) mass is 539 g/mol. The molecule has 1 amide bonds. The maximum atomic E-state index is 15.3. The highest BCUT2D eigenvalue weighted by molar-refractivity contribution is 5.88. The van der Waals surface area contributed by atoms with Crippen LogP contribution in [0.1, 0.15) is 12.0 Å². The van der Waals surface area contributed by atoms with E-state index in [1.54, 1.807) is 40.9 Å². The molecule has 1 aliphatic heterocycles. The van der Waals surface area contributed by atoms with Crippen molar-refractivity contribution in [1.82, 2.24) is 34.4 Å². The van der Waals surface area contributed by atoms with Gasteiger partial charge < -0.3 is 19.9 Å². The third-order valence-corrected chi connectivity index (χ3v) is 7.02. The van der Waals surface area contributed by atoms with Crippen LogP contribution in [-0.2, 0) is 4.79 Å². The second-order valence-electron chi connectivity index (χ2n) is 9.55. The number of aromatic nitrogens is 6. The molecule has 0 saturated carbocycles. The van der Waals surface area contributed by atoms with Gasteiger partial charge in [-0.15, -0.1) is 0 Å². The zero-order valence-electron chi connectivity index (χ0n) is 22.0. The lowest BCUT2D eigenvalue weighted by molar-refractivity contribution is -0.126. The summed E-state index contributed by atoms with van der Waals surface area (Å²) in [6.07, 6.45) is 6.73. The van der Waals surface area contributed by atoms with Crippen LogP contribution in [0.25, 0.3) is 16.7 Å². The Morgan fingerprint density at radius 1 is 1.20 bits per heavy atom. The topological polar surface area (TPSA) is 114 Å². The van der Waals surface area contributed by atoms with Crippen molar-refractivity contribution in [2.75, 3.05) is 30.4 Å². The summed E-state index contributed by atoms with van der Waals surface area (Å²) in [7, 11) is 1.78. The zero-order valence-corrected chi connectivity index (χ0v) is 22.0. The predicted octanol–water partition coefficient (Wildman–Crippen LogP) is 4.27. The van der Waals surface area contributed by atoms with E-state index in [0.29, 0.717) is 40.5 Å². The average Bonchev–Trinajstić information content (AvgIpc) is 3.65. The summed E-state index contributed by atoms with van der Waals surface area (Å²) in [5, 5.41) is 7.15. The minimum absolute atomic E-state index is 0.0590. The van der Waals surface area contributed by atoms with Gasteiger partial charge in [0.05, 0.1) is 17.2 Å². The quantitative estimate of drug-likeness (QED) is 0.303. The van der Waals surface area contributed by atoms with Crippen LogP contribution < -0.4 is 15.0 Å². The number of nitrogens with one attached hydrogen (secondary N) is 1. The number of amides is 1. The standard InChI is InChI=1S/C28H26FN9O2/c1-4-26(39)36(3)18-7-9-37(14-18)24-6-5-21-27(35-24)28(32-15-30-21)34-22-11-17(2)23(13-20(22)29)40-19-8-10-38-25(12-19)31-16-33-38/h4-6,8,10-13,15-16,18H,1,7,9,14H2,2-3H3,(H,30,32,34)/t18-/m0/s1. The number of carbonyl (C=O) groups excluding carboxylic acids is 1. The molecule has 12 heteroatoms. The van der Waals surface area contributed by atoms with Gasteiger partial charge >= 0.3 is 0 Å². The third kappa shape index (κ3) is 4.75. The van der Waals surface area contributed by atoms with Gasteiger partial charge in [-0.25, -0.2) is 28.8 Å². The molecule has 6 rings (SSSR count). The molecule has 0 aliphatic carbocycles. The van der Waals surface area contributed by atoms with E-state index in [1.165, 1.54) is 24.8 Å². The van der Waals surface area contributed by atoms with Gasteiger partial charge in [0.1, 0.15) is 41.3 Å². The molecule has 0 spiro atoms. The summed E-state index contributed by atoms with van der Waals surface area (Å²) in [5.74, 6) is 1.39. The molecule has 0 radical (unpaired) electrons. The van der Waals surface area contributed by atoms with Crippen molar-refractivity contribution in [3.63, 3.8) is 0 Å². The van der Waals surface area contributed by atoms with Crippen LogP contribution >= 0.6 is 0 Å². The first-order chi connectivity index (χ1) is 19.4. The Labute approximate surface area is 229 Å². The van der Waals surface area contributed by atoms with Crippen molar-refractivity contribution in [2.24, 2.45) is 0 Å². The summed E-state index contributed by atoms with van der Waals surface area (Å²) in [6, 6.07) is 10.3. The lowest BCUT2D eigenvalue weighted by Crippen LogP contribution is -2.38. The molecule has 1 aromatic carbocycles. The number of nitrogens with zero attached hydrogens (tertiary/aromatic N) is 8. The number of rotatable bonds is 7. The van der Waals surface area contributed by atoms with E-state index in [4.69, 9.17) is 9.72 Å². The lowest BCUT2D eigenvalue weighted by Gasteiger charge is -2.24. The second kappa shape index (κ2) is 10.2. The molecule has 1 N–H and O–H groups in total. The fraction of sp³-hybridized carbons (Fsp3) is 0.214. The van der Waals surface area contributed by atoms with Crippen LogP contribution in [0.2, 0.25) is 0 Å². The Kier molecular flexibility index (Phi) is 6.42. The lowest BCUT2D eigenvalue weighted by atomic mass is 10.2. The Bertz CT molecular complexity index is 1760. The van der Waals surface area contributed by atoms with Gasteiger partial charge in [0.2, 0.25) is 5.91 Å². The average molecular weight is 540 g/mol. The maximum absolute atomic E-state index is 15.3. The zero-order chi connectivity index (χ0) is 27.8. The van der Waals surface area contributed by atoms with Crippen molar-refractivity contribution in [2.45, 2.75) is 19.4 Å². The molecule has 1 aliphatic rings. The fourth-order valence-electron chi connectivity index (χ4n) is 4.77. The van der Waals surface area contributed by atoms with Crippen molar-refractivity contribution in [3.05, 3.63) is 79.3 Å². The number of pyridine rings is 2. The highest BCUT2D eigenvalue weighted by Crippen LogP contribution is 2.33. The summed E-state index contributed by atoms with van der Waals surface area (Å²) < 4.78 is 22.8. The minimum atomic E-state index is -0.510. The maximum Gasteiger partial charge on any atom is 0.246 e. The molecule has 5 heterocycles. The first kappa shape index (κ1) is 25.2. The van der Waals surface area contributed by atoms with Gasteiger partial charge in [0.25, 0.3) is 0 Å². The Balaban J connectivity index is 1.24. The summed E-state index contributed by atoms with van der Waals surface area (Å²) in [4.78, 5) is 33.5. The van der Waals surface area contributed by atoms with E-state index in [-0.39, 0.29) is 17.6 Å². The number of hydrogen-bond donors (Lipinski definition) is 1. The Morgan fingerprint density at radius 3 is 2.92 bits per heavy atom. The van der Waals surface area contributed by atoms with Gasteiger partial charge in [-0.3, -0.25) is 4.79 Å². The molecule has 0 bridgehead atoms. The molecule has 5 aromatic rings.